The number of amides is 1. The molecule has 0 fully saturated rings. The van der Waals surface area contributed by atoms with E-state index < -0.39 is 0 Å². The fourth-order valence-electron chi connectivity index (χ4n) is 2.55. The van der Waals surface area contributed by atoms with Gasteiger partial charge < -0.3 is 14.8 Å². The van der Waals surface area contributed by atoms with Gasteiger partial charge in [-0.05, 0) is 31.4 Å². The molecular weight excluding hydrogens is 290 g/mol. The van der Waals surface area contributed by atoms with E-state index in [1.807, 2.05) is 49.4 Å². The average Bonchev–Trinajstić information content (AvgIpc) is 3.00. The molecule has 4 heteroatoms. The molecule has 2 unspecified atom stereocenters. The molecular formula is C19H25NO3. The summed E-state index contributed by atoms with van der Waals surface area (Å²) in [6.07, 6.45) is 1.35. The summed E-state index contributed by atoms with van der Waals surface area (Å²) >= 11 is 0. The lowest BCUT2D eigenvalue weighted by Crippen LogP contribution is -2.29. The van der Waals surface area contributed by atoms with Crippen LogP contribution in [0.5, 0.6) is 0 Å². The van der Waals surface area contributed by atoms with Crippen LogP contribution in [0.2, 0.25) is 0 Å². The minimum absolute atomic E-state index is 0.0140. The van der Waals surface area contributed by atoms with E-state index in [0.29, 0.717) is 25.8 Å². The lowest BCUT2D eigenvalue weighted by atomic mass is 10.0. The molecule has 124 valence electrons. The fraction of sp³-hybridized carbons (Fsp3) is 0.421. The van der Waals surface area contributed by atoms with E-state index in [4.69, 9.17) is 4.42 Å². The molecule has 0 aliphatic heterocycles. The summed E-state index contributed by atoms with van der Waals surface area (Å²) in [5, 5.41) is 12.2. The SMILES string of the molecule is CC(O)CC(C)CNC(=O)CCc1ccc(-c2ccccc2)o1. The zero-order chi connectivity index (χ0) is 16.7. The number of carbonyl (C=O) groups excluding carboxylic acids is 1. The summed E-state index contributed by atoms with van der Waals surface area (Å²) in [5.41, 5.74) is 1.04. The van der Waals surface area contributed by atoms with Crippen LogP contribution in [-0.2, 0) is 11.2 Å². The van der Waals surface area contributed by atoms with E-state index >= 15 is 0 Å². The van der Waals surface area contributed by atoms with Crippen molar-refractivity contribution in [3.63, 3.8) is 0 Å². The molecule has 23 heavy (non-hydrogen) atoms. The third-order valence-corrected chi connectivity index (χ3v) is 3.71. The first kappa shape index (κ1) is 17.3. The number of benzene rings is 1. The lowest BCUT2D eigenvalue weighted by molar-refractivity contribution is -0.121. The molecule has 2 atom stereocenters. The third kappa shape index (κ3) is 5.91. The molecule has 1 aromatic heterocycles. The van der Waals surface area contributed by atoms with E-state index in [1.165, 1.54) is 0 Å². The van der Waals surface area contributed by atoms with Crippen LogP contribution < -0.4 is 5.32 Å². The van der Waals surface area contributed by atoms with E-state index in [1.54, 1.807) is 6.92 Å². The van der Waals surface area contributed by atoms with Gasteiger partial charge in [0.15, 0.2) is 0 Å². The Bertz CT molecular complexity index is 604. The Kier molecular flexibility index (Phi) is 6.41. The highest BCUT2D eigenvalue weighted by molar-refractivity contribution is 5.76. The monoisotopic (exact) mass is 315 g/mol. The molecule has 1 aromatic carbocycles. The fourth-order valence-corrected chi connectivity index (χ4v) is 2.55. The first-order valence-corrected chi connectivity index (χ1v) is 8.13. The van der Waals surface area contributed by atoms with Crippen molar-refractivity contribution < 1.29 is 14.3 Å². The number of hydrogen-bond acceptors (Lipinski definition) is 3. The first-order chi connectivity index (χ1) is 11.0. The number of aliphatic hydroxyl groups is 1. The van der Waals surface area contributed by atoms with Crippen LogP contribution in [0.1, 0.15) is 32.4 Å². The molecule has 2 aromatic rings. The first-order valence-electron chi connectivity index (χ1n) is 8.13. The Labute approximate surface area is 137 Å². The van der Waals surface area contributed by atoms with Crippen molar-refractivity contribution in [2.45, 2.75) is 39.2 Å². The van der Waals surface area contributed by atoms with Crippen LogP contribution in [0, 0.1) is 5.92 Å². The van der Waals surface area contributed by atoms with E-state index in [-0.39, 0.29) is 17.9 Å². The summed E-state index contributed by atoms with van der Waals surface area (Å²) < 4.78 is 5.79. The topological polar surface area (TPSA) is 62.5 Å². The van der Waals surface area contributed by atoms with Gasteiger partial charge in [0.05, 0.1) is 6.10 Å². The minimum atomic E-state index is -0.332. The van der Waals surface area contributed by atoms with Gasteiger partial charge in [-0.15, -0.1) is 0 Å². The van der Waals surface area contributed by atoms with Crippen LogP contribution in [0.3, 0.4) is 0 Å². The van der Waals surface area contributed by atoms with Crippen molar-refractivity contribution in [1.29, 1.82) is 0 Å². The quantitative estimate of drug-likeness (QED) is 0.785. The molecule has 0 radical (unpaired) electrons. The Morgan fingerprint density at radius 2 is 1.91 bits per heavy atom. The number of hydrogen-bond donors (Lipinski definition) is 2. The lowest BCUT2D eigenvalue weighted by Gasteiger charge is -2.13. The molecule has 1 heterocycles. The number of furan rings is 1. The Balaban J connectivity index is 1.76. The maximum atomic E-state index is 11.9. The predicted octanol–water partition coefficient (Wildman–Crippen LogP) is 3.40. The zero-order valence-corrected chi connectivity index (χ0v) is 13.8. The van der Waals surface area contributed by atoms with Gasteiger partial charge in [-0.3, -0.25) is 4.79 Å². The van der Waals surface area contributed by atoms with Crippen molar-refractivity contribution in [2.75, 3.05) is 6.54 Å². The molecule has 0 bridgehead atoms. The predicted molar refractivity (Wildman–Crippen MR) is 90.9 cm³/mol. The number of rotatable bonds is 8. The standard InChI is InChI=1S/C19H25NO3/c1-14(12-15(2)21)13-20-19(22)11-9-17-8-10-18(23-17)16-6-4-3-5-7-16/h3-8,10,14-15,21H,9,11-13H2,1-2H3,(H,20,22). The Morgan fingerprint density at radius 1 is 1.17 bits per heavy atom. The highest BCUT2D eigenvalue weighted by Crippen LogP contribution is 2.22. The largest absolute Gasteiger partial charge is 0.461 e. The van der Waals surface area contributed by atoms with Gasteiger partial charge in [0.25, 0.3) is 0 Å². The van der Waals surface area contributed by atoms with Gasteiger partial charge in [-0.2, -0.15) is 0 Å². The van der Waals surface area contributed by atoms with Crippen LogP contribution in [-0.4, -0.2) is 23.7 Å². The van der Waals surface area contributed by atoms with Crippen molar-refractivity contribution in [3.8, 4) is 11.3 Å². The van der Waals surface area contributed by atoms with E-state index in [0.717, 1.165) is 17.1 Å². The second-order valence-electron chi connectivity index (χ2n) is 6.13. The molecule has 0 saturated carbocycles. The van der Waals surface area contributed by atoms with Crippen LogP contribution in [0.25, 0.3) is 11.3 Å². The average molecular weight is 315 g/mol. The third-order valence-electron chi connectivity index (χ3n) is 3.71. The summed E-state index contributed by atoms with van der Waals surface area (Å²) in [6.45, 7) is 4.38. The second kappa shape index (κ2) is 8.53. The smallest absolute Gasteiger partial charge is 0.220 e. The minimum Gasteiger partial charge on any atom is -0.461 e. The molecule has 4 nitrogen and oxygen atoms in total. The van der Waals surface area contributed by atoms with Crippen LogP contribution in [0.15, 0.2) is 46.9 Å². The summed E-state index contributed by atoms with van der Waals surface area (Å²) in [7, 11) is 0. The number of nitrogens with one attached hydrogen (secondary N) is 1. The van der Waals surface area contributed by atoms with Crippen LogP contribution in [0.4, 0.5) is 0 Å². The van der Waals surface area contributed by atoms with Crippen molar-refractivity contribution >= 4 is 5.91 Å². The van der Waals surface area contributed by atoms with Crippen molar-refractivity contribution in [1.82, 2.24) is 5.32 Å². The van der Waals surface area contributed by atoms with Gasteiger partial charge in [-0.1, -0.05) is 37.3 Å². The molecule has 0 spiro atoms. The summed E-state index contributed by atoms with van der Waals surface area (Å²) in [4.78, 5) is 11.9. The second-order valence-corrected chi connectivity index (χ2v) is 6.13. The van der Waals surface area contributed by atoms with Crippen molar-refractivity contribution in [2.24, 2.45) is 5.92 Å². The summed E-state index contributed by atoms with van der Waals surface area (Å²) in [5.74, 6) is 1.93. The number of carbonyl (C=O) groups is 1. The van der Waals surface area contributed by atoms with Gasteiger partial charge >= 0.3 is 0 Å². The van der Waals surface area contributed by atoms with Gasteiger partial charge in [0.1, 0.15) is 11.5 Å². The summed E-state index contributed by atoms with van der Waals surface area (Å²) in [6, 6.07) is 13.8. The highest BCUT2D eigenvalue weighted by atomic mass is 16.3. The van der Waals surface area contributed by atoms with E-state index in [2.05, 4.69) is 5.32 Å². The molecule has 0 aliphatic carbocycles. The Morgan fingerprint density at radius 3 is 2.61 bits per heavy atom. The Hall–Kier alpha value is -2.07. The van der Waals surface area contributed by atoms with Gasteiger partial charge in [-0.25, -0.2) is 0 Å². The highest BCUT2D eigenvalue weighted by Gasteiger charge is 2.10. The maximum Gasteiger partial charge on any atom is 0.220 e. The van der Waals surface area contributed by atoms with Gasteiger partial charge in [0.2, 0.25) is 5.91 Å². The number of aliphatic hydroxyl groups excluding tert-OH is 1. The normalized spacial score (nSPS) is 13.5. The number of aryl methyl sites for hydroxylation is 1. The maximum absolute atomic E-state index is 11.9. The molecule has 0 saturated heterocycles. The van der Waals surface area contributed by atoms with E-state index in [9.17, 15) is 9.90 Å². The molecule has 2 N–H and O–H groups in total. The zero-order valence-electron chi connectivity index (χ0n) is 13.8. The van der Waals surface area contributed by atoms with Gasteiger partial charge in [0, 0.05) is 24.9 Å². The molecule has 1 amide bonds. The molecule has 2 rings (SSSR count). The molecule has 0 aliphatic rings. The van der Waals surface area contributed by atoms with Crippen molar-refractivity contribution in [3.05, 3.63) is 48.2 Å². The van der Waals surface area contributed by atoms with Crippen LogP contribution >= 0.6 is 0 Å².